The lowest BCUT2D eigenvalue weighted by Gasteiger charge is -2.15. The molecule has 1 rings (SSSR count). The zero-order chi connectivity index (χ0) is 14.4. The second-order valence-corrected chi connectivity index (χ2v) is 4.79. The molecule has 4 heteroatoms. The molecule has 2 N–H and O–H groups in total. The van der Waals surface area contributed by atoms with Crippen LogP contribution in [0.2, 0.25) is 0 Å². The number of carbonyl (C=O) groups excluding carboxylic acids is 1. The van der Waals surface area contributed by atoms with Crippen LogP contribution < -0.4 is 5.32 Å². The third-order valence-electron chi connectivity index (χ3n) is 3.19. The van der Waals surface area contributed by atoms with Gasteiger partial charge in [0.05, 0.1) is 6.42 Å². The average Bonchev–Trinajstić information content (AvgIpc) is 2.33. The number of hydrogen-bond donors (Lipinski definition) is 2. The third kappa shape index (κ3) is 4.39. The molecule has 0 aliphatic rings. The number of carboxylic acids is 1. The molecule has 1 aromatic carbocycles. The first-order chi connectivity index (χ1) is 8.95. The Labute approximate surface area is 113 Å². The molecule has 0 aliphatic heterocycles. The summed E-state index contributed by atoms with van der Waals surface area (Å²) in [6.07, 6.45) is 1.40. The van der Waals surface area contributed by atoms with E-state index in [9.17, 15) is 9.59 Å². The number of nitrogens with one attached hydrogen (secondary N) is 1. The van der Waals surface area contributed by atoms with Crippen LogP contribution in [0.1, 0.15) is 36.5 Å². The highest BCUT2D eigenvalue weighted by Gasteiger charge is 2.19. The topological polar surface area (TPSA) is 66.4 Å². The summed E-state index contributed by atoms with van der Waals surface area (Å²) in [7, 11) is 0. The molecular weight excluding hydrogens is 242 g/mol. The molecule has 0 spiro atoms. The number of benzene rings is 1. The highest BCUT2D eigenvalue weighted by atomic mass is 16.4. The van der Waals surface area contributed by atoms with Crippen molar-refractivity contribution in [1.29, 1.82) is 0 Å². The first-order valence-corrected chi connectivity index (χ1v) is 6.53. The van der Waals surface area contributed by atoms with E-state index in [2.05, 4.69) is 5.32 Å². The maximum atomic E-state index is 11.9. The van der Waals surface area contributed by atoms with E-state index in [1.165, 1.54) is 0 Å². The van der Waals surface area contributed by atoms with E-state index in [1.54, 1.807) is 0 Å². The number of rotatable bonds is 6. The molecule has 4 nitrogen and oxygen atoms in total. The summed E-state index contributed by atoms with van der Waals surface area (Å²) in [5, 5.41) is 11.6. The summed E-state index contributed by atoms with van der Waals surface area (Å²) in [6, 6.07) is 5.07. The van der Waals surface area contributed by atoms with Gasteiger partial charge in [0.1, 0.15) is 6.04 Å². The van der Waals surface area contributed by atoms with Gasteiger partial charge in [-0.2, -0.15) is 0 Å². The van der Waals surface area contributed by atoms with Gasteiger partial charge in [0, 0.05) is 0 Å². The number of aryl methyl sites for hydroxylation is 2. The molecule has 0 aliphatic carbocycles. The fourth-order valence-corrected chi connectivity index (χ4v) is 2.08. The zero-order valence-electron chi connectivity index (χ0n) is 11.7. The van der Waals surface area contributed by atoms with Gasteiger partial charge in [-0.25, -0.2) is 4.79 Å². The Morgan fingerprint density at radius 1 is 1.26 bits per heavy atom. The van der Waals surface area contributed by atoms with E-state index in [0.717, 1.165) is 23.1 Å². The van der Waals surface area contributed by atoms with Crippen molar-refractivity contribution >= 4 is 11.9 Å². The van der Waals surface area contributed by atoms with Crippen LogP contribution >= 0.6 is 0 Å². The van der Waals surface area contributed by atoms with Crippen LogP contribution in [-0.2, 0) is 16.0 Å². The highest BCUT2D eigenvalue weighted by Crippen LogP contribution is 2.14. The molecule has 0 radical (unpaired) electrons. The maximum Gasteiger partial charge on any atom is 0.326 e. The van der Waals surface area contributed by atoms with Crippen molar-refractivity contribution in [1.82, 2.24) is 5.32 Å². The SMILES string of the molecule is CCCC(NC(=O)Cc1c(C)cccc1C)C(=O)O. The van der Waals surface area contributed by atoms with Crippen LogP contribution in [-0.4, -0.2) is 23.0 Å². The molecule has 1 unspecified atom stereocenters. The Kier molecular flexibility index (Phi) is 5.55. The predicted octanol–water partition coefficient (Wildman–Crippen LogP) is 2.22. The van der Waals surface area contributed by atoms with Crippen molar-refractivity contribution in [3.63, 3.8) is 0 Å². The number of carboxylic acid groups (broad SMARTS) is 1. The minimum Gasteiger partial charge on any atom is -0.480 e. The van der Waals surface area contributed by atoms with Crippen molar-refractivity contribution < 1.29 is 14.7 Å². The summed E-state index contributed by atoms with van der Waals surface area (Å²) in [5.74, 6) is -1.21. The minimum absolute atomic E-state index is 0.228. The summed E-state index contributed by atoms with van der Waals surface area (Å²) >= 11 is 0. The van der Waals surface area contributed by atoms with Gasteiger partial charge in [0.25, 0.3) is 0 Å². The van der Waals surface area contributed by atoms with E-state index in [0.29, 0.717) is 6.42 Å². The van der Waals surface area contributed by atoms with Crippen LogP contribution in [0.5, 0.6) is 0 Å². The van der Waals surface area contributed by atoms with Crippen molar-refractivity contribution in [2.75, 3.05) is 0 Å². The van der Waals surface area contributed by atoms with Crippen LogP contribution in [0, 0.1) is 13.8 Å². The van der Waals surface area contributed by atoms with E-state index in [4.69, 9.17) is 5.11 Å². The van der Waals surface area contributed by atoms with E-state index in [-0.39, 0.29) is 12.3 Å². The molecule has 0 heterocycles. The molecule has 0 saturated heterocycles. The highest BCUT2D eigenvalue weighted by molar-refractivity contribution is 5.85. The van der Waals surface area contributed by atoms with E-state index >= 15 is 0 Å². The second-order valence-electron chi connectivity index (χ2n) is 4.79. The summed E-state index contributed by atoms with van der Waals surface area (Å²) in [5.41, 5.74) is 3.08. The van der Waals surface area contributed by atoms with Crippen LogP contribution in [0.15, 0.2) is 18.2 Å². The van der Waals surface area contributed by atoms with Gasteiger partial charge in [0.2, 0.25) is 5.91 Å². The number of carbonyl (C=O) groups is 2. The smallest absolute Gasteiger partial charge is 0.326 e. The van der Waals surface area contributed by atoms with E-state index < -0.39 is 12.0 Å². The molecule has 0 bridgehead atoms. The summed E-state index contributed by atoms with van der Waals surface area (Å²) in [6.45, 7) is 5.81. The largest absolute Gasteiger partial charge is 0.480 e. The molecule has 0 saturated carbocycles. The maximum absolute atomic E-state index is 11.9. The van der Waals surface area contributed by atoms with Crippen molar-refractivity contribution in [2.45, 2.75) is 46.1 Å². The molecule has 0 fully saturated rings. The van der Waals surface area contributed by atoms with Crippen LogP contribution in [0.3, 0.4) is 0 Å². The predicted molar refractivity (Wildman–Crippen MR) is 74.1 cm³/mol. The Hall–Kier alpha value is -1.84. The molecule has 19 heavy (non-hydrogen) atoms. The van der Waals surface area contributed by atoms with Crippen LogP contribution in [0.25, 0.3) is 0 Å². The minimum atomic E-state index is -0.975. The van der Waals surface area contributed by atoms with Gasteiger partial charge < -0.3 is 10.4 Å². The molecular formula is C15H21NO3. The van der Waals surface area contributed by atoms with Crippen molar-refractivity contribution in [2.24, 2.45) is 0 Å². The number of amides is 1. The van der Waals surface area contributed by atoms with Crippen molar-refractivity contribution in [3.05, 3.63) is 34.9 Å². The Balaban J connectivity index is 2.72. The lowest BCUT2D eigenvalue weighted by atomic mass is 9.99. The lowest BCUT2D eigenvalue weighted by Crippen LogP contribution is -2.41. The standard InChI is InChI=1S/C15H21NO3/c1-4-6-13(15(18)19)16-14(17)9-12-10(2)7-5-8-11(12)3/h5,7-8,13H,4,6,9H2,1-3H3,(H,16,17)(H,18,19). The zero-order valence-corrected chi connectivity index (χ0v) is 11.7. The quantitative estimate of drug-likeness (QED) is 0.827. The molecule has 104 valence electrons. The number of hydrogen-bond acceptors (Lipinski definition) is 2. The number of aliphatic carboxylic acids is 1. The average molecular weight is 263 g/mol. The normalized spacial score (nSPS) is 11.9. The van der Waals surface area contributed by atoms with Gasteiger partial charge in [-0.3, -0.25) is 4.79 Å². The summed E-state index contributed by atoms with van der Waals surface area (Å²) < 4.78 is 0. The Bertz CT molecular complexity index is 448. The second kappa shape index (κ2) is 6.92. The van der Waals surface area contributed by atoms with Gasteiger partial charge in [-0.05, 0) is 37.0 Å². The molecule has 1 amide bonds. The third-order valence-corrected chi connectivity index (χ3v) is 3.19. The summed E-state index contributed by atoms with van der Waals surface area (Å²) in [4.78, 5) is 22.9. The first-order valence-electron chi connectivity index (χ1n) is 6.53. The Morgan fingerprint density at radius 2 is 1.84 bits per heavy atom. The fourth-order valence-electron chi connectivity index (χ4n) is 2.08. The van der Waals surface area contributed by atoms with Gasteiger partial charge in [0.15, 0.2) is 0 Å². The van der Waals surface area contributed by atoms with Gasteiger partial charge in [-0.1, -0.05) is 31.5 Å². The molecule has 0 aromatic heterocycles. The molecule has 1 aromatic rings. The van der Waals surface area contributed by atoms with E-state index in [1.807, 2.05) is 39.0 Å². The van der Waals surface area contributed by atoms with Crippen LogP contribution in [0.4, 0.5) is 0 Å². The van der Waals surface area contributed by atoms with Crippen molar-refractivity contribution in [3.8, 4) is 0 Å². The van der Waals surface area contributed by atoms with Gasteiger partial charge >= 0.3 is 5.97 Å². The fraction of sp³-hybridized carbons (Fsp3) is 0.467. The Morgan fingerprint density at radius 3 is 2.32 bits per heavy atom. The molecule has 1 atom stereocenters. The lowest BCUT2D eigenvalue weighted by molar-refractivity contribution is -0.141. The van der Waals surface area contributed by atoms with Gasteiger partial charge in [-0.15, -0.1) is 0 Å². The monoisotopic (exact) mass is 263 g/mol. The first kappa shape index (κ1) is 15.2.